The van der Waals surface area contributed by atoms with Gasteiger partial charge in [-0.15, -0.1) is 0 Å². The topological polar surface area (TPSA) is 82.0 Å². The molecule has 3 aromatic rings. The lowest BCUT2D eigenvalue weighted by molar-refractivity contribution is -0.0246. The molecule has 1 spiro atoms. The van der Waals surface area contributed by atoms with Crippen molar-refractivity contribution in [1.29, 1.82) is 0 Å². The highest BCUT2D eigenvalue weighted by atomic mass is 16.5. The van der Waals surface area contributed by atoms with Crippen LogP contribution in [0.25, 0.3) is 10.9 Å². The first-order valence-electron chi connectivity index (χ1n) is 12.7. The quantitative estimate of drug-likeness (QED) is 0.570. The predicted molar refractivity (Wildman–Crippen MR) is 135 cm³/mol. The summed E-state index contributed by atoms with van der Waals surface area (Å²) in [5, 5.41) is 4.08. The summed E-state index contributed by atoms with van der Waals surface area (Å²) in [6.45, 7) is 4.85. The van der Waals surface area contributed by atoms with Crippen LogP contribution in [0.4, 0.5) is 0 Å². The van der Waals surface area contributed by atoms with E-state index >= 15 is 0 Å². The van der Waals surface area contributed by atoms with Gasteiger partial charge in [-0.3, -0.25) is 9.59 Å². The summed E-state index contributed by atoms with van der Waals surface area (Å²) >= 11 is 0. The molecule has 8 nitrogen and oxygen atoms in total. The number of piperidine rings is 1. The number of benzene rings is 2. The van der Waals surface area contributed by atoms with E-state index in [4.69, 9.17) is 14.2 Å². The molecule has 1 saturated heterocycles. The summed E-state index contributed by atoms with van der Waals surface area (Å²) in [5.41, 5.74) is 1.31. The number of aromatic nitrogens is 1. The highest BCUT2D eigenvalue weighted by molar-refractivity contribution is 6.01. The van der Waals surface area contributed by atoms with Crippen LogP contribution < -0.4 is 19.5 Å². The zero-order chi connectivity index (χ0) is 25.0. The third-order valence-electron chi connectivity index (χ3n) is 7.28. The summed E-state index contributed by atoms with van der Waals surface area (Å²) in [7, 11) is 1.64. The summed E-state index contributed by atoms with van der Waals surface area (Å²) in [6, 6.07) is 11.7. The maximum Gasteiger partial charge on any atom is 0.258 e. The normalized spacial score (nSPS) is 18.7. The molecule has 1 saturated carbocycles. The maximum atomic E-state index is 13.5. The number of nitrogens with one attached hydrogen (secondary N) is 1. The molecule has 1 aliphatic carbocycles. The Morgan fingerprint density at radius 3 is 2.61 bits per heavy atom. The van der Waals surface area contributed by atoms with Crippen molar-refractivity contribution in [2.24, 2.45) is 0 Å². The molecular weight excluding hydrogens is 458 g/mol. The molecule has 3 aliphatic rings. The highest BCUT2D eigenvalue weighted by Gasteiger charge is 2.43. The van der Waals surface area contributed by atoms with Gasteiger partial charge in [-0.1, -0.05) is 0 Å². The second-order valence-corrected chi connectivity index (χ2v) is 10.2. The smallest absolute Gasteiger partial charge is 0.258 e. The fourth-order valence-corrected chi connectivity index (χ4v) is 5.30. The molecule has 0 radical (unpaired) electrons. The number of methoxy groups -OCH3 is 1. The van der Waals surface area contributed by atoms with Gasteiger partial charge in [0.2, 0.25) is 0 Å². The minimum atomic E-state index is -0.816. The second kappa shape index (κ2) is 8.47. The molecule has 6 rings (SSSR count). The minimum Gasteiger partial charge on any atom is -0.496 e. The Kier molecular flexibility index (Phi) is 5.35. The minimum absolute atomic E-state index is 0.0162. The van der Waals surface area contributed by atoms with Gasteiger partial charge in [-0.25, -0.2) is 0 Å². The van der Waals surface area contributed by atoms with Gasteiger partial charge in [0.25, 0.3) is 11.8 Å². The summed E-state index contributed by atoms with van der Waals surface area (Å²) in [4.78, 5) is 28.3. The zero-order valence-electron chi connectivity index (χ0n) is 20.9. The Hall–Kier alpha value is -3.68. The maximum absolute atomic E-state index is 13.5. The number of likely N-dealkylation sites (tertiary alicyclic amines) is 1. The average molecular weight is 490 g/mol. The molecule has 3 heterocycles. The van der Waals surface area contributed by atoms with E-state index in [1.54, 1.807) is 19.2 Å². The molecule has 188 valence electrons. The number of rotatable bonds is 5. The number of carbonyl (C=O) groups is 2. The number of amides is 2. The first-order valence-corrected chi connectivity index (χ1v) is 12.7. The number of hydrogen-bond acceptors (Lipinski definition) is 5. The Bertz CT molecular complexity index is 1350. The number of hydrogen-bond donors (Lipinski definition) is 1. The summed E-state index contributed by atoms with van der Waals surface area (Å²) in [5.74, 6) is 1.68. The molecular formula is C28H31N3O5. The largest absolute Gasteiger partial charge is 0.496 e. The first kappa shape index (κ1) is 22.8. The second-order valence-electron chi connectivity index (χ2n) is 10.2. The van der Waals surface area contributed by atoms with Crippen LogP contribution in [0.2, 0.25) is 0 Å². The van der Waals surface area contributed by atoms with E-state index in [0.29, 0.717) is 60.3 Å². The van der Waals surface area contributed by atoms with Crippen molar-refractivity contribution in [3.8, 4) is 17.2 Å². The number of carbonyl (C=O) groups excluding carboxylic acids is 2. The predicted octanol–water partition coefficient (Wildman–Crippen LogP) is 4.53. The Morgan fingerprint density at radius 1 is 1.14 bits per heavy atom. The van der Waals surface area contributed by atoms with Gasteiger partial charge in [0.05, 0.1) is 24.3 Å². The van der Waals surface area contributed by atoms with Crippen molar-refractivity contribution in [3.05, 3.63) is 53.7 Å². The molecule has 8 heteroatoms. The zero-order valence-corrected chi connectivity index (χ0v) is 20.9. The van der Waals surface area contributed by atoms with Crippen LogP contribution >= 0.6 is 0 Å². The summed E-state index contributed by atoms with van der Waals surface area (Å²) in [6.07, 6.45) is 5.45. The third-order valence-corrected chi connectivity index (χ3v) is 7.28. The fourth-order valence-electron chi connectivity index (χ4n) is 5.30. The Morgan fingerprint density at radius 2 is 1.92 bits per heavy atom. The molecule has 0 atom stereocenters. The lowest BCUT2D eigenvalue weighted by Gasteiger charge is -2.44. The van der Waals surface area contributed by atoms with Crippen molar-refractivity contribution in [3.63, 3.8) is 0 Å². The SMILES string of the molecule is COc1cc(C(=O)N2CCC3(CC2)NC(=O)c2cc(OC(C)C)ccc2O3)cc2c1ccn2C1CC1. The van der Waals surface area contributed by atoms with Crippen LogP contribution in [0.1, 0.15) is 66.3 Å². The van der Waals surface area contributed by atoms with Crippen LogP contribution in [0.5, 0.6) is 17.2 Å². The van der Waals surface area contributed by atoms with Gasteiger partial charge >= 0.3 is 0 Å². The van der Waals surface area contributed by atoms with E-state index in [-0.39, 0.29) is 17.9 Å². The standard InChI is InChI=1S/C28H31N3O5/c1-17(2)35-20-6-7-24-22(16-20)26(32)29-28(36-24)9-12-30(13-10-28)27(33)18-14-23-21(25(15-18)34-3)8-11-31(23)19-4-5-19/h6-8,11,14-17,19H,4-5,9-10,12-13H2,1-3H3,(H,29,32). The first-order chi connectivity index (χ1) is 17.4. The van der Waals surface area contributed by atoms with E-state index in [1.165, 1.54) is 12.8 Å². The molecule has 36 heavy (non-hydrogen) atoms. The number of ether oxygens (including phenoxy) is 3. The molecule has 1 N–H and O–H groups in total. The van der Waals surface area contributed by atoms with Gasteiger partial charge in [0.15, 0.2) is 5.72 Å². The van der Waals surface area contributed by atoms with E-state index in [9.17, 15) is 9.59 Å². The Balaban J connectivity index is 1.19. The number of nitrogens with zero attached hydrogens (tertiary/aromatic N) is 2. The molecule has 0 bridgehead atoms. The van der Waals surface area contributed by atoms with Crippen molar-refractivity contribution in [1.82, 2.24) is 14.8 Å². The van der Waals surface area contributed by atoms with Gasteiger partial charge in [0, 0.05) is 49.1 Å². The fraction of sp³-hybridized carbons (Fsp3) is 0.429. The van der Waals surface area contributed by atoms with Crippen molar-refractivity contribution < 1.29 is 23.8 Å². The molecule has 2 aliphatic heterocycles. The molecule has 0 unspecified atom stereocenters. The van der Waals surface area contributed by atoms with Crippen molar-refractivity contribution >= 4 is 22.7 Å². The average Bonchev–Trinajstić information content (AvgIpc) is 3.62. The van der Waals surface area contributed by atoms with Crippen LogP contribution in [-0.2, 0) is 0 Å². The van der Waals surface area contributed by atoms with Gasteiger partial charge in [-0.05, 0) is 63.1 Å². The van der Waals surface area contributed by atoms with Crippen LogP contribution in [-0.4, -0.2) is 53.3 Å². The van der Waals surface area contributed by atoms with E-state index < -0.39 is 5.72 Å². The third kappa shape index (κ3) is 3.94. The lowest BCUT2D eigenvalue weighted by Crippen LogP contribution is -2.61. The molecule has 1 aromatic heterocycles. The van der Waals surface area contributed by atoms with Crippen LogP contribution in [0.15, 0.2) is 42.6 Å². The van der Waals surface area contributed by atoms with Gasteiger partial charge in [0.1, 0.15) is 17.2 Å². The monoisotopic (exact) mass is 489 g/mol. The van der Waals surface area contributed by atoms with E-state index in [0.717, 1.165) is 10.9 Å². The van der Waals surface area contributed by atoms with Gasteiger partial charge < -0.3 is 29.0 Å². The van der Waals surface area contributed by atoms with Crippen LogP contribution in [0.3, 0.4) is 0 Å². The highest BCUT2D eigenvalue weighted by Crippen LogP contribution is 2.40. The number of fused-ring (bicyclic) bond motifs is 2. The lowest BCUT2D eigenvalue weighted by atomic mass is 9.96. The van der Waals surface area contributed by atoms with Crippen molar-refractivity contribution in [2.75, 3.05) is 20.2 Å². The van der Waals surface area contributed by atoms with E-state index in [2.05, 4.69) is 22.1 Å². The van der Waals surface area contributed by atoms with E-state index in [1.807, 2.05) is 36.9 Å². The Labute approximate surface area is 210 Å². The van der Waals surface area contributed by atoms with Gasteiger partial charge in [-0.2, -0.15) is 0 Å². The molecule has 2 amide bonds. The van der Waals surface area contributed by atoms with Crippen molar-refractivity contribution in [2.45, 2.75) is 57.4 Å². The molecule has 2 aromatic carbocycles. The summed E-state index contributed by atoms with van der Waals surface area (Å²) < 4.78 is 19.9. The van der Waals surface area contributed by atoms with Crippen LogP contribution in [0, 0.1) is 0 Å². The molecule has 2 fully saturated rings.